The molecule has 2 aliphatic heterocycles. The number of hydrogen-bond donors (Lipinski definition) is 1. The summed E-state index contributed by atoms with van der Waals surface area (Å²) in [6, 6.07) is 4.33. The Morgan fingerprint density at radius 2 is 2.45 bits per heavy atom. The molecule has 2 atom stereocenters. The standard InChI is InChI=1S/C17H27N3OS/c1-3-18-16(19-11-14(2)15-5-4-10-22-15)20-8-6-17(12-20)7-9-21-13-17/h4-5,10,14H,3,6-9,11-13H2,1-2H3,(H,18,19). The summed E-state index contributed by atoms with van der Waals surface area (Å²) in [6.07, 6.45) is 2.44. The van der Waals surface area contributed by atoms with Crippen LogP contribution in [0.4, 0.5) is 0 Å². The molecular formula is C17H27N3OS. The first-order chi connectivity index (χ1) is 10.7. The van der Waals surface area contributed by atoms with E-state index in [0.29, 0.717) is 11.3 Å². The van der Waals surface area contributed by atoms with Gasteiger partial charge in [-0.1, -0.05) is 13.0 Å². The Hall–Kier alpha value is -1.07. The normalized spacial score (nSPS) is 26.8. The number of hydrogen-bond acceptors (Lipinski definition) is 3. The Balaban J connectivity index is 1.63. The average Bonchev–Trinajstić information content (AvgIpc) is 3.27. The summed E-state index contributed by atoms with van der Waals surface area (Å²) in [7, 11) is 0. The number of nitrogens with zero attached hydrogens (tertiary/aromatic N) is 2. The van der Waals surface area contributed by atoms with Crippen molar-refractivity contribution in [3.8, 4) is 0 Å². The maximum Gasteiger partial charge on any atom is 0.193 e. The van der Waals surface area contributed by atoms with Crippen LogP contribution in [0.1, 0.15) is 37.5 Å². The molecule has 3 rings (SSSR count). The minimum absolute atomic E-state index is 0.384. The van der Waals surface area contributed by atoms with E-state index in [-0.39, 0.29) is 0 Å². The molecule has 0 amide bonds. The van der Waals surface area contributed by atoms with Crippen molar-refractivity contribution in [2.45, 2.75) is 32.6 Å². The van der Waals surface area contributed by atoms with Gasteiger partial charge in [-0.05, 0) is 31.2 Å². The maximum absolute atomic E-state index is 5.63. The zero-order valence-corrected chi connectivity index (χ0v) is 14.5. The van der Waals surface area contributed by atoms with Crippen molar-refractivity contribution in [2.75, 3.05) is 39.4 Å². The third-order valence-corrected chi connectivity index (χ3v) is 5.91. The van der Waals surface area contributed by atoms with Gasteiger partial charge in [-0.15, -0.1) is 11.3 Å². The topological polar surface area (TPSA) is 36.9 Å². The van der Waals surface area contributed by atoms with E-state index in [1.807, 2.05) is 11.3 Å². The molecule has 0 radical (unpaired) electrons. The Morgan fingerprint density at radius 3 is 3.14 bits per heavy atom. The fourth-order valence-electron chi connectivity index (χ4n) is 3.40. The predicted molar refractivity (Wildman–Crippen MR) is 92.8 cm³/mol. The molecule has 0 aromatic carbocycles. The molecule has 4 nitrogen and oxygen atoms in total. The summed E-state index contributed by atoms with van der Waals surface area (Å²) in [5, 5.41) is 5.61. The van der Waals surface area contributed by atoms with Gasteiger partial charge in [-0.3, -0.25) is 4.99 Å². The Labute approximate surface area is 137 Å². The molecule has 2 unspecified atom stereocenters. The van der Waals surface area contributed by atoms with Crippen molar-refractivity contribution >= 4 is 17.3 Å². The molecule has 122 valence electrons. The molecule has 2 fully saturated rings. The van der Waals surface area contributed by atoms with Crippen LogP contribution in [0.25, 0.3) is 0 Å². The maximum atomic E-state index is 5.63. The van der Waals surface area contributed by atoms with Crippen LogP contribution in [0.3, 0.4) is 0 Å². The third-order valence-electron chi connectivity index (χ3n) is 4.80. The van der Waals surface area contributed by atoms with Crippen molar-refractivity contribution < 1.29 is 4.74 Å². The molecule has 0 aliphatic carbocycles. The van der Waals surface area contributed by atoms with Crippen LogP contribution in [-0.2, 0) is 4.74 Å². The Kier molecular flexibility index (Phi) is 5.03. The molecule has 5 heteroatoms. The Bertz CT molecular complexity index is 494. The second-order valence-corrected chi connectivity index (χ2v) is 7.56. The second kappa shape index (κ2) is 7.01. The van der Waals surface area contributed by atoms with Crippen molar-refractivity contribution in [1.29, 1.82) is 0 Å². The lowest BCUT2D eigenvalue weighted by Gasteiger charge is -2.25. The van der Waals surface area contributed by atoms with Gasteiger partial charge >= 0.3 is 0 Å². The summed E-state index contributed by atoms with van der Waals surface area (Å²) in [6.45, 7) is 10.2. The van der Waals surface area contributed by atoms with Crippen LogP contribution in [-0.4, -0.2) is 50.3 Å². The molecule has 1 aromatic rings. The van der Waals surface area contributed by atoms with Crippen LogP contribution in [0.15, 0.2) is 22.5 Å². The van der Waals surface area contributed by atoms with Crippen LogP contribution in [0.2, 0.25) is 0 Å². The van der Waals surface area contributed by atoms with Crippen LogP contribution >= 0.6 is 11.3 Å². The first kappa shape index (κ1) is 15.8. The molecule has 2 aliphatic rings. The van der Waals surface area contributed by atoms with Gasteiger partial charge in [0.1, 0.15) is 0 Å². The molecule has 1 N–H and O–H groups in total. The van der Waals surface area contributed by atoms with Gasteiger partial charge in [0.15, 0.2) is 5.96 Å². The lowest BCUT2D eigenvalue weighted by atomic mass is 9.87. The van der Waals surface area contributed by atoms with Gasteiger partial charge in [-0.2, -0.15) is 0 Å². The number of guanidine groups is 1. The fourth-order valence-corrected chi connectivity index (χ4v) is 4.18. The molecule has 3 heterocycles. The van der Waals surface area contributed by atoms with Gasteiger partial charge < -0.3 is 15.0 Å². The highest BCUT2D eigenvalue weighted by atomic mass is 32.1. The predicted octanol–water partition coefficient (Wildman–Crippen LogP) is 2.93. The largest absolute Gasteiger partial charge is 0.381 e. The monoisotopic (exact) mass is 321 g/mol. The van der Waals surface area contributed by atoms with Gasteiger partial charge in [0.25, 0.3) is 0 Å². The summed E-state index contributed by atoms with van der Waals surface area (Å²) in [4.78, 5) is 8.75. The van der Waals surface area contributed by atoms with Crippen LogP contribution < -0.4 is 5.32 Å². The number of ether oxygens (including phenoxy) is 1. The zero-order valence-electron chi connectivity index (χ0n) is 13.7. The number of thiophene rings is 1. The lowest BCUT2D eigenvalue weighted by molar-refractivity contribution is 0.156. The van der Waals surface area contributed by atoms with Crippen molar-refractivity contribution in [3.63, 3.8) is 0 Å². The SMILES string of the molecule is CCNC(=NCC(C)c1cccs1)N1CCC2(CCOC2)C1. The number of nitrogens with one attached hydrogen (secondary N) is 1. The molecular weight excluding hydrogens is 294 g/mol. The molecule has 22 heavy (non-hydrogen) atoms. The number of rotatable bonds is 4. The second-order valence-electron chi connectivity index (χ2n) is 6.59. The van der Waals surface area contributed by atoms with Gasteiger partial charge in [-0.25, -0.2) is 0 Å². The molecule has 2 saturated heterocycles. The molecule has 1 spiro atoms. The first-order valence-corrected chi connectivity index (χ1v) is 9.25. The highest BCUT2D eigenvalue weighted by Crippen LogP contribution is 2.38. The highest BCUT2D eigenvalue weighted by molar-refractivity contribution is 7.10. The van der Waals surface area contributed by atoms with E-state index < -0.39 is 0 Å². The minimum Gasteiger partial charge on any atom is -0.381 e. The summed E-state index contributed by atoms with van der Waals surface area (Å²) >= 11 is 1.82. The quantitative estimate of drug-likeness (QED) is 0.684. The van der Waals surface area contributed by atoms with E-state index in [4.69, 9.17) is 9.73 Å². The molecule has 0 bridgehead atoms. The van der Waals surface area contributed by atoms with Crippen LogP contribution in [0.5, 0.6) is 0 Å². The Morgan fingerprint density at radius 1 is 1.55 bits per heavy atom. The van der Waals surface area contributed by atoms with Gasteiger partial charge in [0.2, 0.25) is 0 Å². The van der Waals surface area contributed by atoms with E-state index in [0.717, 1.165) is 45.4 Å². The van der Waals surface area contributed by atoms with E-state index in [2.05, 4.69) is 41.6 Å². The summed E-state index contributed by atoms with van der Waals surface area (Å²) in [5.74, 6) is 1.56. The van der Waals surface area contributed by atoms with E-state index >= 15 is 0 Å². The van der Waals surface area contributed by atoms with E-state index in [1.54, 1.807) is 0 Å². The zero-order chi connectivity index (χ0) is 15.4. The molecule has 0 saturated carbocycles. The van der Waals surface area contributed by atoms with Gasteiger partial charge in [0, 0.05) is 42.5 Å². The summed E-state index contributed by atoms with van der Waals surface area (Å²) < 4.78 is 5.63. The lowest BCUT2D eigenvalue weighted by Crippen LogP contribution is -2.41. The van der Waals surface area contributed by atoms with Crippen molar-refractivity contribution in [2.24, 2.45) is 10.4 Å². The average molecular weight is 321 g/mol. The smallest absolute Gasteiger partial charge is 0.193 e. The van der Waals surface area contributed by atoms with E-state index in [1.165, 1.54) is 17.7 Å². The van der Waals surface area contributed by atoms with Crippen molar-refractivity contribution in [1.82, 2.24) is 10.2 Å². The van der Waals surface area contributed by atoms with Crippen LogP contribution in [0, 0.1) is 5.41 Å². The summed E-state index contributed by atoms with van der Waals surface area (Å²) in [5.41, 5.74) is 0.384. The third kappa shape index (κ3) is 3.46. The van der Waals surface area contributed by atoms with E-state index in [9.17, 15) is 0 Å². The van der Waals surface area contributed by atoms with Crippen molar-refractivity contribution in [3.05, 3.63) is 22.4 Å². The highest BCUT2D eigenvalue weighted by Gasteiger charge is 2.42. The van der Waals surface area contributed by atoms with Gasteiger partial charge in [0.05, 0.1) is 13.2 Å². The number of likely N-dealkylation sites (tertiary alicyclic amines) is 1. The fraction of sp³-hybridized carbons (Fsp3) is 0.706. The minimum atomic E-state index is 0.384. The number of aliphatic imine (C=N–C) groups is 1. The molecule has 1 aromatic heterocycles. The first-order valence-electron chi connectivity index (χ1n) is 8.37.